The zero-order valence-corrected chi connectivity index (χ0v) is 7.54. The standard InChI is InChI=1S/C9H8N2O3/c1-6-2-3-11(5-10-6)7-4-8(12)14-9(7)13/h2-5,7H,1H3/p+1. The van der Waals surface area contributed by atoms with Crippen LogP contribution >= 0.6 is 0 Å². The number of cyclic esters (lactones) is 1. The molecule has 0 amide bonds. The number of ether oxygens (including phenoxy) is 1. The molecule has 1 aliphatic rings. The highest BCUT2D eigenvalue weighted by Crippen LogP contribution is 2.14. The van der Waals surface area contributed by atoms with Gasteiger partial charge in [-0.05, 0) is 0 Å². The van der Waals surface area contributed by atoms with Crippen molar-refractivity contribution in [2.75, 3.05) is 0 Å². The van der Waals surface area contributed by atoms with Gasteiger partial charge >= 0.3 is 5.97 Å². The minimum Gasteiger partial charge on any atom is -0.481 e. The van der Waals surface area contributed by atoms with Crippen molar-refractivity contribution in [3.8, 4) is 0 Å². The smallest absolute Gasteiger partial charge is 0.364 e. The van der Waals surface area contributed by atoms with E-state index in [0.29, 0.717) is 0 Å². The molecule has 72 valence electrons. The van der Waals surface area contributed by atoms with Crippen molar-refractivity contribution in [2.24, 2.45) is 0 Å². The lowest BCUT2D eigenvalue weighted by molar-refractivity contribution is -0.702. The second-order valence-corrected chi connectivity index (χ2v) is 3.02. The van der Waals surface area contributed by atoms with Gasteiger partial charge in [0.1, 0.15) is 0 Å². The Hall–Kier alpha value is -1.91. The minimum absolute atomic E-state index is 0.354. The first kappa shape index (κ1) is 8.68. The van der Waals surface area contributed by atoms with Gasteiger partial charge in [0.05, 0.1) is 12.3 Å². The molecule has 1 aromatic heterocycles. The van der Waals surface area contributed by atoms with Gasteiger partial charge in [-0.1, -0.05) is 4.98 Å². The summed E-state index contributed by atoms with van der Waals surface area (Å²) in [6.45, 7) is 1.85. The number of rotatable bonds is 1. The molecule has 1 N–H and O–H groups in total. The molecule has 0 spiro atoms. The Morgan fingerprint density at radius 1 is 1.64 bits per heavy atom. The van der Waals surface area contributed by atoms with Crippen LogP contribution in [0.2, 0.25) is 0 Å². The number of hydrogen-bond donors (Lipinski definition) is 1. The molecule has 1 atom stereocenters. The third-order valence-corrected chi connectivity index (χ3v) is 1.95. The van der Waals surface area contributed by atoms with Crippen molar-refractivity contribution in [2.45, 2.75) is 13.0 Å². The molecule has 1 aromatic rings. The first-order valence-corrected chi connectivity index (χ1v) is 4.13. The molecule has 2 heterocycles. The summed E-state index contributed by atoms with van der Waals surface area (Å²) in [7, 11) is 0. The van der Waals surface area contributed by atoms with Crippen LogP contribution in [0, 0.1) is 6.92 Å². The summed E-state index contributed by atoms with van der Waals surface area (Å²) in [5.41, 5.74) is 0.862. The minimum atomic E-state index is -0.608. The predicted molar refractivity (Wildman–Crippen MR) is 45.0 cm³/mol. The average molecular weight is 193 g/mol. The molecule has 0 aromatic carbocycles. The lowest BCUT2D eigenvalue weighted by Gasteiger charge is -2.00. The number of nitrogens with zero attached hydrogens (tertiary/aromatic N) is 2. The molecule has 14 heavy (non-hydrogen) atoms. The van der Waals surface area contributed by atoms with Crippen molar-refractivity contribution < 1.29 is 19.2 Å². The first-order chi connectivity index (χ1) is 6.66. The number of aliphatic hydroxyl groups is 1. The van der Waals surface area contributed by atoms with Gasteiger partial charge in [0.2, 0.25) is 6.04 Å². The molecule has 1 aliphatic heterocycles. The molecule has 0 aliphatic carbocycles. The maximum absolute atomic E-state index is 11.2. The Kier molecular flexibility index (Phi) is 1.92. The van der Waals surface area contributed by atoms with Gasteiger partial charge in [-0.25, -0.2) is 9.36 Å². The van der Waals surface area contributed by atoms with Gasteiger partial charge in [0, 0.05) is 13.0 Å². The topological polar surface area (TPSA) is 63.3 Å². The molecule has 0 bridgehead atoms. The average Bonchev–Trinajstić information content (AvgIpc) is 2.47. The second-order valence-electron chi connectivity index (χ2n) is 3.02. The lowest BCUT2D eigenvalue weighted by Crippen LogP contribution is -2.41. The van der Waals surface area contributed by atoms with Crippen LogP contribution in [0.5, 0.6) is 0 Å². The lowest BCUT2D eigenvalue weighted by atomic mass is 10.3. The largest absolute Gasteiger partial charge is 0.481 e. The van der Waals surface area contributed by atoms with Crippen LogP contribution in [0.1, 0.15) is 11.7 Å². The van der Waals surface area contributed by atoms with E-state index in [-0.39, 0.29) is 5.95 Å². The fourth-order valence-electron chi connectivity index (χ4n) is 1.21. The third kappa shape index (κ3) is 1.44. The molecule has 1 unspecified atom stereocenters. The highest BCUT2D eigenvalue weighted by molar-refractivity contribution is 5.77. The van der Waals surface area contributed by atoms with Gasteiger partial charge in [0.25, 0.3) is 12.3 Å². The number of hydrogen-bond acceptors (Lipinski definition) is 4. The monoisotopic (exact) mass is 193 g/mol. The highest BCUT2D eigenvalue weighted by Gasteiger charge is 2.32. The zero-order chi connectivity index (χ0) is 10.1. The number of aryl methyl sites for hydroxylation is 1. The Morgan fingerprint density at radius 2 is 2.43 bits per heavy atom. The molecule has 0 fully saturated rings. The molecule has 0 radical (unpaired) electrons. The maximum Gasteiger partial charge on any atom is 0.364 e. The molecular formula is C9H9N2O3+. The van der Waals surface area contributed by atoms with Gasteiger partial charge in [-0.15, -0.1) is 0 Å². The Morgan fingerprint density at radius 3 is 2.93 bits per heavy atom. The van der Waals surface area contributed by atoms with Crippen molar-refractivity contribution in [3.63, 3.8) is 0 Å². The number of esters is 1. The molecule has 0 saturated carbocycles. The Labute approximate surface area is 80.3 Å². The fraction of sp³-hybridized carbons (Fsp3) is 0.222. The zero-order valence-electron chi connectivity index (χ0n) is 7.54. The van der Waals surface area contributed by atoms with Crippen LogP contribution in [0.15, 0.2) is 30.6 Å². The number of carbonyl (C=O) groups excluding carboxylic acids is 1. The second kappa shape index (κ2) is 3.10. The van der Waals surface area contributed by atoms with Crippen LogP contribution in [0.25, 0.3) is 0 Å². The summed E-state index contributed by atoms with van der Waals surface area (Å²) >= 11 is 0. The van der Waals surface area contributed by atoms with E-state index < -0.39 is 12.0 Å². The highest BCUT2D eigenvalue weighted by atomic mass is 16.6. The SMILES string of the molecule is Cc1cc[n+](C2C=C(O)OC2=O)cn1. The van der Waals surface area contributed by atoms with E-state index in [1.165, 1.54) is 12.4 Å². The quantitative estimate of drug-likeness (QED) is 0.510. The predicted octanol–water partition coefficient (Wildman–Crippen LogP) is 0.175. The van der Waals surface area contributed by atoms with Crippen LogP contribution in [0.4, 0.5) is 0 Å². The van der Waals surface area contributed by atoms with Crippen LogP contribution in [0.3, 0.4) is 0 Å². The van der Waals surface area contributed by atoms with Crippen molar-refractivity contribution >= 4 is 5.97 Å². The number of aliphatic hydroxyl groups excluding tert-OH is 1. The maximum atomic E-state index is 11.2. The van der Waals surface area contributed by atoms with E-state index in [4.69, 9.17) is 5.11 Å². The van der Waals surface area contributed by atoms with Crippen LogP contribution in [-0.4, -0.2) is 16.1 Å². The first-order valence-electron chi connectivity index (χ1n) is 4.13. The summed E-state index contributed by atoms with van der Waals surface area (Å²) in [4.78, 5) is 15.2. The summed E-state index contributed by atoms with van der Waals surface area (Å²) < 4.78 is 6.06. The van der Waals surface area contributed by atoms with Crippen molar-refractivity contribution in [1.82, 2.24) is 4.98 Å². The number of carbonyl (C=O) groups is 1. The van der Waals surface area contributed by atoms with Crippen molar-refractivity contribution in [3.05, 3.63) is 36.3 Å². The van der Waals surface area contributed by atoms with E-state index in [1.807, 2.05) is 6.92 Å². The van der Waals surface area contributed by atoms with Gasteiger partial charge in [-0.3, -0.25) is 0 Å². The summed E-state index contributed by atoms with van der Waals surface area (Å²) in [5.74, 6) is -0.855. The van der Waals surface area contributed by atoms with Crippen LogP contribution in [-0.2, 0) is 9.53 Å². The molecular weight excluding hydrogens is 184 g/mol. The van der Waals surface area contributed by atoms with E-state index in [0.717, 1.165) is 5.69 Å². The number of aromatic nitrogens is 2. The van der Waals surface area contributed by atoms with Crippen molar-refractivity contribution in [1.29, 1.82) is 0 Å². The normalized spacial score (nSPS) is 20.5. The summed E-state index contributed by atoms with van der Waals surface area (Å²) in [5, 5.41) is 8.97. The Bertz CT molecular complexity index is 397. The molecule has 5 nitrogen and oxygen atoms in total. The van der Waals surface area contributed by atoms with E-state index in [9.17, 15) is 4.79 Å². The van der Waals surface area contributed by atoms with E-state index in [1.54, 1.807) is 16.8 Å². The molecule has 0 saturated heterocycles. The molecule has 2 rings (SSSR count). The molecule has 5 heteroatoms. The summed E-state index contributed by atoms with van der Waals surface area (Å²) in [6, 6.07) is 1.17. The Balaban J connectivity index is 2.32. The van der Waals surface area contributed by atoms with E-state index in [2.05, 4.69) is 9.72 Å². The van der Waals surface area contributed by atoms with Gasteiger partial charge in [0.15, 0.2) is 5.69 Å². The van der Waals surface area contributed by atoms with Crippen LogP contribution < -0.4 is 4.57 Å². The van der Waals surface area contributed by atoms with Gasteiger partial charge < -0.3 is 9.84 Å². The summed E-state index contributed by atoms with van der Waals surface area (Å²) in [6.07, 6.45) is 4.57. The van der Waals surface area contributed by atoms with E-state index >= 15 is 0 Å². The van der Waals surface area contributed by atoms with Gasteiger partial charge in [-0.2, -0.15) is 0 Å². The third-order valence-electron chi connectivity index (χ3n) is 1.95. The fourth-order valence-corrected chi connectivity index (χ4v) is 1.21.